The van der Waals surface area contributed by atoms with Crippen LogP contribution < -0.4 is 0 Å². The number of rotatable bonds is 5. The fourth-order valence-corrected chi connectivity index (χ4v) is 2.31. The largest absolute Gasteiger partial charge is 0.478 e. The molecule has 18 heavy (non-hydrogen) atoms. The third-order valence-electron chi connectivity index (χ3n) is 3.63. The molecule has 1 aliphatic rings. The van der Waals surface area contributed by atoms with Crippen molar-refractivity contribution in [2.24, 2.45) is 0 Å². The molecule has 2 rings (SSSR count). The molecular formula is C14H19NO3. The first kappa shape index (κ1) is 13.1. The Hall–Kier alpha value is -1.39. The summed E-state index contributed by atoms with van der Waals surface area (Å²) in [6.45, 7) is 0.780. The minimum atomic E-state index is -0.873. The highest BCUT2D eigenvalue weighted by molar-refractivity contribution is 5.87. The maximum atomic E-state index is 10.9. The van der Waals surface area contributed by atoms with Gasteiger partial charge in [0.1, 0.15) is 0 Å². The Labute approximate surface area is 107 Å². The summed E-state index contributed by atoms with van der Waals surface area (Å²) in [5.74, 6) is -0.873. The first-order chi connectivity index (χ1) is 8.60. The number of hydrogen-bond donors (Lipinski definition) is 1. The summed E-state index contributed by atoms with van der Waals surface area (Å²) in [7, 11) is 3.82. The van der Waals surface area contributed by atoms with E-state index in [2.05, 4.69) is 11.9 Å². The molecule has 4 nitrogen and oxygen atoms in total. The Kier molecular flexibility index (Phi) is 3.99. The van der Waals surface area contributed by atoms with Crippen molar-refractivity contribution >= 4 is 5.97 Å². The van der Waals surface area contributed by atoms with Gasteiger partial charge in [-0.15, -0.1) is 0 Å². The van der Waals surface area contributed by atoms with Crippen LogP contribution in [0.1, 0.15) is 28.8 Å². The number of nitrogens with zero attached hydrogens (tertiary/aromatic N) is 1. The maximum absolute atomic E-state index is 10.9. The van der Waals surface area contributed by atoms with E-state index in [1.54, 1.807) is 25.3 Å². The molecule has 0 aromatic heterocycles. The Bertz CT molecular complexity index is 427. The van der Waals surface area contributed by atoms with Gasteiger partial charge in [-0.3, -0.25) is 4.90 Å². The van der Waals surface area contributed by atoms with Gasteiger partial charge in [0.2, 0.25) is 0 Å². The van der Waals surface area contributed by atoms with Gasteiger partial charge < -0.3 is 9.84 Å². The minimum Gasteiger partial charge on any atom is -0.478 e. The van der Waals surface area contributed by atoms with Gasteiger partial charge in [0, 0.05) is 19.7 Å². The normalized spacial score (nSPS) is 22.8. The van der Waals surface area contributed by atoms with Crippen molar-refractivity contribution < 1.29 is 14.6 Å². The van der Waals surface area contributed by atoms with Crippen molar-refractivity contribution in [3.05, 3.63) is 35.4 Å². The molecule has 0 aliphatic heterocycles. The standard InChI is InChI=1S/C14H19NO3/c1-15(12-7-13(8-12)18-2)9-10-4-3-5-11(6-10)14(16)17/h3-6,12-13H,7-9H2,1-2H3,(H,16,17). The van der Waals surface area contributed by atoms with E-state index in [-0.39, 0.29) is 0 Å². The van der Waals surface area contributed by atoms with Gasteiger partial charge in [0.25, 0.3) is 0 Å². The second-order valence-corrected chi connectivity index (χ2v) is 4.90. The number of benzene rings is 1. The van der Waals surface area contributed by atoms with Gasteiger partial charge in [-0.2, -0.15) is 0 Å². The summed E-state index contributed by atoms with van der Waals surface area (Å²) in [5.41, 5.74) is 1.39. The van der Waals surface area contributed by atoms with E-state index >= 15 is 0 Å². The van der Waals surface area contributed by atoms with Crippen molar-refractivity contribution in [2.45, 2.75) is 31.5 Å². The number of methoxy groups -OCH3 is 1. The number of carboxylic acids is 1. The van der Waals surface area contributed by atoms with E-state index in [0.29, 0.717) is 17.7 Å². The number of aromatic carboxylic acids is 1. The summed E-state index contributed by atoms with van der Waals surface area (Å²) in [4.78, 5) is 13.2. The molecule has 4 heteroatoms. The lowest BCUT2D eigenvalue weighted by atomic mass is 9.88. The molecule has 1 saturated carbocycles. The number of carboxylic acid groups (broad SMARTS) is 1. The molecule has 1 aliphatic carbocycles. The highest BCUT2D eigenvalue weighted by Crippen LogP contribution is 2.27. The van der Waals surface area contributed by atoms with Crippen molar-refractivity contribution in [1.82, 2.24) is 4.90 Å². The lowest BCUT2D eigenvalue weighted by molar-refractivity contribution is -0.0216. The zero-order valence-electron chi connectivity index (χ0n) is 10.8. The highest BCUT2D eigenvalue weighted by Gasteiger charge is 2.31. The molecule has 0 heterocycles. The van der Waals surface area contributed by atoms with Crippen molar-refractivity contribution in [3.63, 3.8) is 0 Å². The van der Waals surface area contributed by atoms with Gasteiger partial charge in [0.15, 0.2) is 0 Å². The predicted octanol–water partition coefficient (Wildman–Crippen LogP) is 1.99. The van der Waals surface area contributed by atoms with Crippen LogP contribution in [0.2, 0.25) is 0 Å². The molecule has 1 fully saturated rings. The van der Waals surface area contributed by atoms with E-state index in [4.69, 9.17) is 9.84 Å². The lowest BCUT2D eigenvalue weighted by Gasteiger charge is -2.40. The second-order valence-electron chi connectivity index (χ2n) is 4.90. The highest BCUT2D eigenvalue weighted by atomic mass is 16.5. The fraction of sp³-hybridized carbons (Fsp3) is 0.500. The molecule has 0 atom stereocenters. The smallest absolute Gasteiger partial charge is 0.335 e. The van der Waals surface area contributed by atoms with E-state index in [0.717, 1.165) is 24.9 Å². The molecule has 98 valence electrons. The Balaban J connectivity index is 1.93. The van der Waals surface area contributed by atoms with Gasteiger partial charge in [-0.1, -0.05) is 12.1 Å². The van der Waals surface area contributed by atoms with Gasteiger partial charge in [0.05, 0.1) is 11.7 Å². The topological polar surface area (TPSA) is 49.8 Å². The molecule has 0 amide bonds. The summed E-state index contributed by atoms with van der Waals surface area (Å²) >= 11 is 0. The molecule has 1 aromatic rings. The minimum absolute atomic E-state index is 0.351. The van der Waals surface area contributed by atoms with Crippen LogP contribution in [0, 0.1) is 0 Å². The van der Waals surface area contributed by atoms with E-state index < -0.39 is 5.97 Å². The van der Waals surface area contributed by atoms with E-state index in [1.807, 2.05) is 6.07 Å². The summed E-state index contributed by atoms with van der Waals surface area (Å²) in [6, 6.07) is 7.67. The number of carbonyl (C=O) groups is 1. The Morgan fingerprint density at radius 1 is 1.50 bits per heavy atom. The first-order valence-electron chi connectivity index (χ1n) is 6.15. The molecule has 0 radical (unpaired) electrons. The van der Waals surface area contributed by atoms with Crippen LogP contribution in [-0.2, 0) is 11.3 Å². The molecule has 1 N–H and O–H groups in total. The zero-order chi connectivity index (χ0) is 13.1. The predicted molar refractivity (Wildman–Crippen MR) is 68.7 cm³/mol. The van der Waals surface area contributed by atoms with Crippen LogP contribution >= 0.6 is 0 Å². The number of ether oxygens (including phenoxy) is 1. The fourth-order valence-electron chi connectivity index (χ4n) is 2.31. The van der Waals surface area contributed by atoms with Crippen LogP contribution in [0.3, 0.4) is 0 Å². The SMILES string of the molecule is COC1CC(N(C)Cc2cccc(C(=O)O)c2)C1. The third-order valence-corrected chi connectivity index (χ3v) is 3.63. The zero-order valence-corrected chi connectivity index (χ0v) is 10.8. The quantitative estimate of drug-likeness (QED) is 0.867. The first-order valence-corrected chi connectivity index (χ1v) is 6.15. The van der Waals surface area contributed by atoms with Crippen LogP contribution in [0.4, 0.5) is 0 Å². The van der Waals surface area contributed by atoms with Crippen molar-refractivity contribution in [1.29, 1.82) is 0 Å². The summed E-state index contributed by atoms with van der Waals surface area (Å²) < 4.78 is 5.26. The maximum Gasteiger partial charge on any atom is 0.335 e. The van der Waals surface area contributed by atoms with Gasteiger partial charge >= 0.3 is 5.97 Å². The molecule has 0 spiro atoms. The molecule has 0 saturated heterocycles. The van der Waals surface area contributed by atoms with Crippen molar-refractivity contribution in [2.75, 3.05) is 14.2 Å². The third kappa shape index (κ3) is 2.89. The van der Waals surface area contributed by atoms with Gasteiger partial charge in [-0.05, 0) is 37.6 Å². The van der Waals surface area contributed by atoms with Gasteiger partial charge in [-0.25, -0.2) is 4.79 Å². The lowest BCUT2D eigenvalue weighted by Crippen LogP contribution is -2.45. The summed E-state index contributed by atoms with van der Waals surface area (Å²) in [6.07, 6.45) is 2.51. The average Bonchev–Trinajstić information content (AvgIpc) is 2.27. The van der Waals surface area contributed by atoms with E-state index in [1.165, 1.54) is 0 Å². The molecule has 0 bridgehead atoms. The van der Waals surface area contributed by atoms with Crippen LogP contribution in [0.25, 0.3) is 0 Å². The van der Waals surface area contributed by atoms with Crippen molar-refractivity contribution in [3.8, 4) is 0 Å². The average molecular weight is 249 g/mol. The van der Waals surface area contributed by atoms with Crippen LogP contribution in [0.5, 0.6) is 0 Å². The Morgan fingerprint density at radius 3 is 2.83 bits per heavy atom. The van der Waals surface area contributed by atoms with Crippen LogP contribution in [0.15, 0.2) is 24.3 Å². The van der Waals surface area contributed by atoms with Crippen LogP contribution in [-0.4, -0.2) is 42.3 Å². The molecule has 1 aromatic carbocycles. The molecular weight excluding hydrogens is 230 g/mol. The second kappa shape index (κ2) is 5.50. The summed E-state index contributed by atoms with van der Waals surface area (Å²) in [5, 5.41) is 8.95. The molecule has 0 unspecified atom stereocenters. The monoisotopic (exact) mass is 249 g/mol. The van der Waals surface area contributed by atoms with E-state index in [9.17, 15) is 4.79 Å². The Morgan fingerprint density at radius 2 is 2.22 bits per heavy atom. The number of hydrogen-bond acceptors (Lipinski definition) is 3.